The summed E-state index contributed by atoms with van der Waals surface area (Å²) in [6, 6.07) is 0.0376. The number of methoxy groups -OCH3 is 1. The van der Waals surface area contributed by atoms with Crippen LogP contribution in [-0.2, 0) is 9.47 Å². The van der Waals surface area contributed by atoms with Crippen molar-refractivity contribution in [3.8, 4) is 0 Å². The quantitative estimate of drug-likeness (QED) is 0.244. The Bertz CT molecular complexity index is 470. The number of carbonyl (C=O) groups excluding carboxylic acids is 1. The minimum atomic E-state index is -0.495. The van der Waals surface area contributed by atoms with Crippen LogP contribution in [0.2, 0.25) is 0 Å². The van der Waals surface area contributed by atoms with E-state index in [1.165, 1.54) is 0 Å². The molecule has 0 fully saturated rings. The van der Waals surface area contributed by atoms with Gasteiger partial charge in [-0.1, -0.05) is 13.8 Å². The molecule has 2 N–H and O–H groups in total. The molecule has 0 aromatic carbocycles. The first-order valence-corrected chi connectivity index (χ1v) is 10.1. The van der Waals surface area contributed by atoms with Gasteiger partial charge in [-0.25, -0.2) is 4.79 Å². The summed E-state index contributed by atoms with van der Waals surface area (Å²) in [5.74, 6) is 1.16. The van der Waals surface area contributed by atoms with Crippen molar-refractivity contribution in [2.75, 3.05) is 61.0 Å². The Hall–Kier alpha value is -0.810. The second-order valence-corrected chi connectivity index (χ2v) is 8.48. The average Bonchev–Trinajstić information content (AvgIpc) is 2.58. The van der Waals surface area contributed by atoms with E-state index in [1.807, 2.05) is 27.8 Å². The third-order valence-electron chi connectivity index (χ3n) is 4.31. The molecule has 0 heterocycles. The second-order valence-electron chi connectivity index (χ2n) is 8.48. The van der Waals surface area contributed by atoms with Gasteiger partial charge in [-0.15, -0.1) is 24.0 Å². The summed E-state index contributed by atoms with van der Waals surface area (Å²) >= 11 is 0. The molecule has 0 aliphatic rings. The van der Waals surface area contributed by atoms with Gasteiger partial charge in [0.1, 0.15) is 5.60 Å². The molecule has 0 radical (unpaired) electrons. The number of amides is 1. The van der Waals surface area contributed by atoms with Crippen molar-refractivity contribution in [2.24, 2.45) is 10.9 Å². The molecule has 1 atom stereocenters. The van der Waals surface area contributed by atoms with E-state index in [2.05, 4.69) is 46.3 Å². The number of nitrogens with one attached hydrogen (secondary N) is 2. The lowest BCUT2D eigenvalue weighted by Crippen LogP contribution is -2.46. The lowest BCUT2D eigenvalue weighted by molar-refractivity contribution is 0.0486. The number of guanidine groups is 1. The molecule has 0 spiro atoms. The smallest absolute Gasteiger partial charge is 0.407 e. The number of rotatable bonds is 11. The number of likely N-dealkylation sites (N-methyl/N-ethyl adjacent to an activating group) is 1. The van der Waals surface area contributed by atoms with Gasteiger partial charge in [-0.05, 0) is 40.2 Å². The number of halogens is 1. The monoisotopic (exact) mass is 529 g/mol. The van der Waals surface area contributed by atoms with Crippen molar-refractivity contribution in [2.45, 2.75) is 52.7 Å². The number of nitrogens with zero attached hydrogens (tertiary/aromatic N) is 3. The number of ether oxygens (including phenoxy) is 2. The second kappa shape index (κ2) is 16.0. The van der Waals surface area contributed by atoms with Gasteiger partial charge in [0.15, 0.2) is 5.96 Å². The standard InChI is InChI=1S/C20H43N5O3.HI/c1-16(2)17(23-19(26)28-20(3,4)5)10-12-25(8)18(21-6)22-11-13-24(7)14-15-27-9;/h16-17H,10-15H2,1-9H3,(H,21,22)(H,23,26);1H. The predicted octanol–water partition coefficient (Wildman–Crippen LogP) is 2.63. The van der Waals surface area contributed by atoms with E-state index in [4.69, 9.17) is 9.47 Å². The summed E-state index contributed by atoms with van der Waals surface area (Å²) in [6.07, 6.45) is 0.442. The molecule has 1 amide bonds. The first-order chi connectivity index (χ1) is 13.0. The molecule has 0 saturated heterocycles. The third kappa shape index (κ3) is 15.7. The molecule has 9 heteroatoms. The molecule has 1 unspecified atom stereocenters. The van der Waals surface area contributed by atoms with Crippen LogP contribution in [0.3, 0.4) is 0 Å². The van der Waals surface area contributed by atoms with Crippen LogP contribution >= 0.6 is 24.0 Å². The minimum absolute atomic E-state index is 0. The molecule has 174 valence electrons. The van der Waals surface area contributed by atoms with E-state index in [1.54, 1.807) is 14.2 Å². The van der Waals surface area contributed by atoms with Crippen molar-refractivity contribution in [3.05, 3.63) is 0 Å². The van der Waals surface area contributed by atoms with Crippen molar-refractivity contribution in [1.82, 2.24) is 20.4 Å². The zero-order valence-corrected chi connectivity index (χ0v) is 22.2. The molecule has 0 aromatic heterocycles. The van der Waals surface area contributed by atoms with Crippen LogP contribution in [-0.4, -0.2) is 94.5 Å². The summed E-state index contributed by atoms with van der Waals surface area (Å²) in [7, 11) is 7.58. The van der Waals surface area contributed by atoms with Crippen LogP contribution in [0, 0.1) is 5.92 Å². The highest BCUT2D eigenvalue weighted by Crippen LogP contribution is 2.11. The van der Waals surface area contributed by atoms with E-state index >= 15 is 0 Å². The normalized spacial score (nSPS) is 13.1. The van der Waals surface area contributed by atoms with Gasteiger partial charge in [-0.3, -0.25) is 4.99 Å². The highest BCUT2D eigenvalue weighted by molar-refractivity contribution is 14.0. The molecule has 8 nitrogen and oxygen atoms in total. The van der Waals surface area contributed by atoms with Crippen molar-refractivity contribution in [1.29, 1.82) is 0 Å². The van der Waals surface area contributed by atoms with Crippen LogP contribution < -0.4 is 10.6 Å². The van der Waals surface area contributed by atoms with E-state index in [9.17, 15) is 4.79 Å². The van der Waals surface area contributed by atoms with Gasteiger partial charge in [0.2, 0.25) is 0 Å². The summed E-state index contributed by atoms with van der Waals surface area (Å²) < 4.78 is 10.5. The van der Waals surface area contributed by atoms with E-state index < -0.39 is 5.60 Å². The maximum absolute atomic E-state index is 12.1. The third-order valence-corrected chi connectivity index (χ3v) is 4.31. The number of aliphatic imine (C=N–C) groups is 1. The predicted molar refractivity (Wildman–Crippen MR) is 131 cm³/mol. The van der Waals surface area contributed by atoms with Gasteiger partial charge in [-0.2, -0.15) is 0 Å². The van der Waals surface area contributed by atoms with E-state index in [0.717, 1.165) is 45.2 Å². The lowest BCUT2D eigenvalue weighted by atomic mass is 10.0. The number of alkyl carbamates (subject to hydrolysis) is 1. The summed E-state index contributed by atoms with van der Waals surface area (Å²) in [4.78, 5) is 20.7. The summed E-state index contributed by atoms with van der Waals surface area (Å²) in [5.41, 5.74) is -0.495. The average molecular weight is 530 g/mol. The fourth-order valence-corrected chi connectivity index (χ4v) is 2.57. The van der Waals surface area contributed by atoms with Crippen molar-refractivity contribution < 1.29 is 14.3 Å². The number of carbonyl (C=O) groups is 1. The number of hydrogen-bond donors (Lipinski definition) is 2. The first-order valence-electron chi connectivity index (χ1n) is 10.1. The minimum Gasteiger partial charge on any atom is -0.444 e. The lowest BCUT2D eigenvalue weighted by Gasteiger charge is -2.28. The van der Waals surface area contributed by atoms with Crippen LogP contribution in [0.15, 0.2) is 4.99 Å². The van der Waals surface area contributed by atoms with Gasteiger partial charge in [0.25, 0.3) is 0 Å². The molecule has 0 bridgehead atoms. The Morgan fingerprint density at radius 2 is 1.76 bits per heavy atom. The van der Waals surface area contributed by atoms with Crippen molar-refractivity contribution >= 4 is 36.0 Å². The molecular weight excluding hydrogens is 485 g/mol. The van der Waals surface area contributed by atoms with Gasteiger partial charge >= 0.3 is 6.09 Å². The van der Waals surface area contributed by atoms with Crippen LogP contribution in [0.25, 0.3) is 0 Å². The van der Waals surface area contributed by atoms with Crippen LogP contribution in [0.5, 0.6) is 0 Å². The highest BCUT2D eigenvalue weighted by Gasteiger charge is 2.22. The highest BCUT2D eigenvalue weighted by atomic mass is 127. The number of hydrogen-bond acceptors (Lipinski definition) is 5. The zero-order valence-electron chi connectivity index (χ0n) is 19.9. The molecular formula is C20H44IN5O3. The first kappa shape index (κ1) is 30.4. The molecule has 0 aromatic rings. The Balaban J connectivity index is 0. The van der Waals surface area contributed by atoms with Crippen LogP contribution in [0.1, 0.15) is 41.0 Å². The Labute approximate surface area is 195 Å². The maximum Gasteiger partial charge on any atom is 0.407 e. The van der Waals surface area contributed by atoms with Gasteiger partial charge in [0, 0.05) is 53.4 Å². The molecule has 0 aliphatic carbocycles. The van der Waals surface area contributed by atoms with E-state index in [0.29, 0.717) is 5.92 Å². The maximum atomic E-state index is 12.1. The largest absolute Gasteiger partial charge is 0.444 e. The zero-order chi connectivity index (χ0) is 21.7. The fraction of sp³-hybridized carbons (Fsp3) is 0.900. The summed E-state index contributed by atoms with van der Waals surface area (Å²) in [6.45, 7) is 13.9. The van der Waals surface area contributed by atoms with Crippen molar-refractivity contribution in [3.63, 3.8) is 0 Å². The Morgan fingerprint density at radius 1 is 1.14 bits per heavy atom. The van der Waals surface area contributed by atoms with Crippen LogP contribution in [0.4, 0.5) is 4.79 Å². The fourth-order valence-electron chi connectivity index (χ4n) is 2.57. The topological polar surface area (TPSA) is 78.4 Å². The Morgan fingerprint density at radius 3 is 2.24 bits per heavy atom. The van der Waals surface area contributed by atoms with Gasteiger partial charge in [0.05, 0.1) is 6.61 Å². The van der Waals surface area contributed by atoms with E-state index in [-0.39, 0.29) is 36.1 Å². The summed E-state index contributed by atoms with van der Waals surface area (Å²) in [5, 5.41) is 6.38. The molecule has 0 saturated carbocycles. The molecule has 29 heavy (non-hydrogen) atoms. The Kier molecular flexibility index (Phi) is 16.7. The molecule has 0 aliphatic heterocycles. The van der Waals surface area contributed by atoms with Gasteiger partial charge < -0.3 is 29.9 Å². The molecule has 0 rings (SSSR count). The SMILES string of the molecule is CN=C(NCCN(C)CCOC)N(C)CCC(NC(=O)OC(C)(C)C)C(C)C.I.